The number of ether oxygens (including phenoxy) is 1. The maximum atomic E-state index is 12.8. The highest BCUT2D eigenvalue weighted by Crippen LogP contribution is 2.30. The lowest BCUT2D eigenvalue weighted by atomic mass is 10.3. The lowest BCUT2D eigenvalue weighted by Crippen LogP contribution is -2.35. The van der Waals surface area contributed by atoms with E-state index in [-0.39, 0.29) is 17.5 Å². The van der Waals surface area contributed by atoms with Gasteiger partial charge in [-0.05, 0) is 30.4 Å². The summed E-state index contributed by atoms with van der Waals surface area (Å²) in [5.74, 6) is -0.118. The van der Waals surface area contributed by atoms with Crippen molar-refractivity contribution in [1.29, 1.82) is 0 Å². The third-order valence-electron chi connectivity index (χ3n) is 3.75. The van der Waals surface area contributed by atoms with Gasteiger partial charge < -0.3 is 9.64 Å². The highest BCUT2D eigenvalue weighted by Gasteiger charge is 2.34. The molecule has 0 N–H and O–H groups in total. The van der Waals surface area contributed by atoms with Crippen LogP contribution in [0.3, 0.4) is 0 Å². The molecule has 0 atom stereocenters. The molecule has 0 bridgehead atoms. The van der Waals surface area contributed by atoms with E-state index in [0.717, 1.165) is 17.7 Å². The van der Waals surface area contributed by atoms with Gasteiger partial charge in [-0.1, -0.05) is 6.07 Å². The second kappa shape index (κ2) is 7.06. The molecule has 0 aromatic carbocycles. The van der Waals surface area contributed by atoms with Gasteiger partial charge in [-0.2, -0.15) is 5.10 Å². The van der Waals surface area contributed by atoms with Crippen LogP contribution in [0, 0.1) is 0 Å². The summed E-state index contributed by atoms with van der Waals surface area (Å²) in [7, 11) is 1.57. The summed E-state index contributed by atoms with van der Waals surface area (Å²) in [6, 6.07) is 7.20. The second-order valence-corrected chi connectivity index (χ2v) is 6.55. The number of hydrogen-bond donors (Lipinski definition) is 0. The minimum absolute atomic E-state index is 0.118. The molecule has 2 aromatic heterocycles. The first kappa shape index (κ1) is 15.9. The van der Waals surface area contributed by atoms with Crippen LogP contribution in [0.5, 0.6) is 0 Å². The molecule has 23 heavy (non-hydrogen) atoms. The molecule has 122 valence electrons. The summed E-state index contributed by atoms with van der Waals surface area (Å²) in [5.41, 5.74) is 0.0824. The average Bonchev–Trinajstić information content (AvgIpc) is 3.27. The predicted octanol–water partition coefficient (Wildman–Crippen LogP) is 1.76. The highest BCUT2D eigenvalue weighted by molar-refractivity contribution is 7.09. The molecule has 3 rings (SSSR count). The van der Waals surface area contributed by atoms with E-state index < -0.39 is 0 Å². The molecule has 7 heteroatoms. The van der Waals surface area contributed by atoms with Gasteiger partial charge in [0.25, 0.3) is 11.5 Å². The number of carbonyl (C=O) groups excluding carboxylic acids is 1. The number of hydrogen-bond acceptors (Lipinski definition) is 5. The predicted molar refractivity (Wildman–Crippen MR) is 87.6 cm³/mol. The number of amides is 1. The number of aromatic nitrogens is 2. The smallest absolute Gasteiger partial charge is 0.274 e. The summed E-state index contributed by atoms with van der Waals surface area (Å²) in [4.78, 5) is 27.6. The van der Waals surface area contributed by atoms with Crippen LogP contribution in [0.25, 0.3) is 0 Å². The number of thiophene rings is 1. The third-order valence-corrected chi connectivity index (χ3v) is 4.61. The van der Waals surface area contributed by atoms with Gasteiger partial charge in [-0.25, -0.2) is 4.68 Å². The van der Waals surface area contributed by atoms with E-state index in [4.69, 9.17) is 4.74 Å². The zero-order valence-electron chi connectivity index (χ0n) is 13.0. The minimum atomic E-state index is -0.227. The fourth-order valence-corrected chi connectivity index (χ4v) is 3.07. The Balaban J connectivity index is 1.81. The summed E-state index contributed by atoms with van der Waals surface area (Å²) in [6.45, 7) is 1.32. The van der Waals surface area contributed by atoms with Crippen LogP contribution in [0.4, 0.5) is 0 Å². The monoisotopic (exact) mass is 333 g/mol. The van der Waals surface area contributed by atoms with Crippen LogP contribution in [0.15, 0.2) is 34.4 Å². The first-order valence-corrected chi connectivity index (χ1v) is 8.47. The van der Waals surface area contributed by atoms with E-state index in [1.807, 2.05) is 22.4 Å². The van der Waals surface area contributed by atoms with Crippen molar-refractivity contribution in [3.8, 4) is 0 Å². The summed E-state index contributed by atoms with van der Waals surface area (Å²) in [6.07, 6.45) is 2.06. The number of rotatable bonds is 7. The summed E-state index contributed by atoms with van der Waals surface area (Å²) >= 11 is 1.64. The van der Waals surface area contributed by atoms with E-state index in [1.54, 1.807) is 18.4 Å². The molecule has 2 aromatic rings. The lowest BCUT2D eigenvalue weighted by molar-refractivity contribution is 0.0721. The average molecular weight is 333 g/mol. The van der Waals surface area contributed by atoms with Crippen LogP contribution in [-0.4, -0.2) is 40.3 Å². The van der Waals surface area contributed by atoms with Crippen LogP contribution in [0.1, 0.15) is 28.2 Å². The van der Waals surface area contributed by atoms with Gasteiger partial charge in [0.05, 0.1) is 19.7 Å². The fourth-order valence-electron chi connectivity index (χ4n) is 2.37. The van der Waals surface area contributed by atoms with Crippen LogP contribution in [-0.2, 0) is 17.8 Å². The van der Waals surface area contributed by atoms with Crippen LogP contribution >= 0.6 is 11.3 Å². The lowest BCUT2D eigenvalue weighted by Gasteiger charge is -2.21. The second-order valence-electron chi connectivity index (χ2n) is 5.52. The molecule has 0 spiro atoms. The van der Waals surface area contributed by atoms with Gasteiger partial charge in [-0.3, -0.25) is 9.59 Å². The Kier molecular flexibility index (Phi) is 4.88. The summed E-state index contributed by atoms with van der Waals surface area (Å²) < 4.78 is 6.26. The van der Waals surface area contributed by atoms with Crippen molar-refractivity contribution in [2.75, 3.05) is 13.7 Å². The standard InChI is InChI=1S/C16H19N3O3S/c1-22-9-8-19-15(20)7-6-14(17-19)16(21)18(12-4-5-12)11-13-3-2-10-23-13/h2-3,6-7,10,12H,4-5,8-9,11H2,1H3. The molecule has 1 aliphatic rings. The van der Waals surface area contributed by atoms with Crippen molar-refractivity contribution in [2.24, 2.45) is 0 Å². The molecule has 0 saturated heterocycles. The molecule has 1 aliphatic carbocycles. The van der Waals surface area contributed by atoms with Crippen LogP contribution < -0.4 is 5.56 Å². The van der Waals surface area contributed by atoms with E-state index in [1.165, 1.54) is 16.8 Å². The van der Waals surface area contributed by atoms with Gasteiger partial charge in [0.1, 0.15) is 5.69 Å². The Morgan fingerprint density at radius 2 is 2.26 bits per heavy atom. The Morgan fingerprint density at radius 1 is 1.43 bits per heavy atom. The van der Waals surface area contributed by atoms with Crippen molar-refractivity contribution in [1.82, 2.24) is 14.7 Å². The van der Waals surface area contributed by atoms with Gasteiger partial charge >= 0.3 is 0 Å². The quantitative estimate of drug-likeness (QED) is 0.774. The van der Waals surface area contributed by atoms with Crippen LogP contribution in [0.2, 0.25) is 0 Å². The molecule has 6 nitrogen and oxygen atoms in total. The molecule has 2 heterocycles. The van der Waals surface area contributed by atoms with E-state index in [0.29, 0.717) is 25.4 Å². The first-order chi connectivity index (χ1) is 11.2. The molecule has 0 radical (unpaired) electrons. The summed E-state index contributed by atoms with van der Waals surface area (Å²) in [5, 5.41) is 6.21. The van der Waals surface area contributed by atoms with Crippen molar-refractivity contribution in [3.63, 3.8) is 0 Å². The van der Waals surface area contributed by atoms with E-state index in [2.05, 4.69) is 5.10 Å². The van der Waals surface area contributed by atoms with Gasteiger partial charge in [-0.15, -0.1) is 11.3 Å². The molecule has 0 unspecified atom stereocenters. The molecular weight excluding hydrogens is 314 g/mol. The Labute approximate surface area is 138 Å². The zero-order chi connectivity index (χ0) is 16.2. The van der Waals surface area contributed by atoms with Gasteiger partial charge in [0.2, 0.25) is 0 Å². The fraction of sp³-hybridized carbons (Fsp3) is 0.438. The van der Waals surface area contributed by atoms with Crippen molar-refractivity contribution in [3.05, 3.63) is 50.6 Å². The maximum absolute atomic E-state index is 12.8. The maximum Gasteiger partial charge on any atom is 0.274 e. The molecule has 1 fully saturated rings. The third kappa shape index (κ3) is 3.86. The normalized spacial score (nSPS) is 14.0. The topological polar surface area (TPSA) is 64.4 Å². The van der Waals surface area contributed by atoms with Crippen molar-refractivity contribution >= 4 is 17.2 Å². The molecule has 0 aliphatic heterocycles. The molecule has 1 saturated carbocycles. The Hall–Kier alpha value is -1.99. The molecule has 1 amide bonds. The zero-order valence-corrected chi connectivity index (χ0v) is 13.8. The van der Waals surface area contributed by atoms with Crippen molar-refractivity contribution < 1.29 is 9.53 Å². The van der Waals surface area contributed by atoms with E-state index >= 15 is 0 Å². The van der Waals surface area contributed by atoms with E-state index in [9.17, 15) is 9.59 Å². The number of methoxy groups -OCH3 is 1. The van der Waals surface area contributed by atoms with Crippen molar-refractivity contribution in [2.45, 2.75) is 32.0 Å². The van der Waals surface area contributed by atoms with Gasteiger partial charge in [0, 0.05) is 24.1 Å². The highest BCUT2D eigenvalue weighted by atomic mass is 32.1. The largest absolute Gasteiger partial charge is 0.383 e. The Morgan fingerprint density at radius 3 is 2.91 bits per heavy atom. The number of nitrogens with zero attached hydrogens (tertiary/aromatic N) is 3. The SMILES string of the molecule is COCCn1nc(C(=O)N(Cc2cccs2)C2CC2)ccc1=O. The minimum Gasteiger partial charge on any atom is -0.383 e. The Bertz CT molecular complexity index is 722. The number of carbonyl (C=O) groups is 1. The first-order valence-electron chi connectivity index (χ1n) is 7.59. The molecular formula is C16H19N3O3S. The van der Waals surface area contributed by atoms with Gasteiger partial charge in [0.15, 0.2) is 0 Å².